The first-order chi connectivity index (χ1) is 15.9. The molecular formula is C27H35FN4O. The maximum absolute atomic E-state index is 14.1. The third kappa shape index (κ3) is 4.97. The molecule has 5 nitrogen and oxygen atoms in total. The van der Waals surface area contributed by atoms with Gasteiger partial charge in [-0.05, 0) is 74.7 Å². The number of nitrogens with one attached hydrogen (secondary N) is 1. The summed E-state index contributed by atoms with van der Waals surface area (Å²) in [6, 6.07) is 4.12. The molecule has 1 atom stereocenters. The van der Waals surface area contributed by atoms with Gasteiger partial charge in [0, 0.05) is 43.0 Å². The van der Waals surface area contributed by atoms with Gasteiger partial charge in [-0.3, -0.25) is 9.36 Å². The fraction of sp³-hybridized carbons (Fsp3) is 0.444. The van der Waals surface area contributed by atoms with Crippen molar-refractivity contribution in [3.63, 3.8) is 0 Å². The minimum Gasteiger partial charge on any atom is -0.326 e. The van der Waals surface area contributed by atoms with Gasteiger partial charge in [0.15, 0.2) is 0 Å². The number of piperidine rings is 1. The van der Waals surface area contributed by atoms with Crippen molar-refractivity contribution >= 4 is 11.9 Å². The molecule has 0 amide bonds. The lowest BCUT2D eigenvalue weighted by Crippen LogP contribution is -2.45. The van der Waals surface area contributed by atoms with E-state index in [1.165, 1.54) is 0 Å². The van der Waals surface area contributed by atoms with E-state index >= 15 is 0 Å². The van der Waals surface area contributed by atoms with Crippen LogP contribution in [0.3, 0.4) is 0 Å². The Labute approximate surface area is 196 Å². The number of pyridine rings is 1. The van der Waals surface area contributed by atoms with Gasteiger partial charge in [-0.2, -0.15) is 0 Å². The maximum Gasteiger partial charge on any atom is 0.252 e. The van der Waals surface area contributed by atoms with Crippen molar-refractivity contribution in [2.45, 2.75) is 45.2 Å². The molecule has 0 aromatic carbocycles. The van der Waals surface area contributed by atoms with Crippen molar-refractivity contribution in [2.75, 3.05) is 37.6 Å². The Hall–Kier alpha value is -2.70. The summed E-state index contributed by atoms with van der Waals surface area (Å²) in [5, 5.41) is 3.59. The van der Waals surface area contributed by atoms with E-state index < -0.39 is 0 Å². The molecule has 1 unspecified atom stereocenters. The van der Waals surface area contributed by atoms with E-state index in [1.54, 1.807) is 12.1 Å². The zero-order chi connectivity index (χ0) is 23.5. The molecule has 3 aliphatic heterocycles. The first-order valence-corrected chi connectivity index (χ1v) is 12.0. The lowest BCUT2D eigenvalue weighted by atomic mass is 10.0. The van der Waals surface area contributed by atoms with E-state index in [9.17, 15) is 9.18 Å². The smallest absolute Gasteiger partial charge is 0.252 e. The van der Waals surface area contributed by atoms with Gasteiger partial charge in [0.2, 0.25) is 0 Å². The van der Waals surface area contributed by atoms with Gasteiger partial charge in [0.1, 0.15) is 11.6 Å². The largest absolute Gasteiger partial charge is 0.326 e. The van der Waals surface area contributed by atoms with Crippen molar-refractivity contribution in [3.05, 3.63) is 82.1 Å². The highest BCUT2D eigenvalue weighted by Gasteiger charge is 2.35. The number of rotatable bonds is 8. The zero-order valence-corrected chi connectivity index (χ0v) is 19.8. The van der Waals surface area contributed by atoms with E-state index in [0.29, 0.717) is 24.6 Å². The first kappa shape index (κ1) is 23.5. The summed E-state index contributed by atoms with van der Waals surface area (Å²) in [6.45, 7) is 16.1. The Morgan fingerprint density at radius 2 is 2.03 bits per heavy atom. The summed E-state index contributed by atoms with van der Waals surface area (Å²) in [6.07, 6.45) is 10.3. The van der Waals surface area contributed by atoms with Crippen LogP contribution in [0.1, 0.15) is 44.7 Å². The molecule has 0 aliphatic carbocycles. The van der Waals surface area contributed by atoms with Gasteiger partial charge in [0.25, 0.3) is 5.56 Å². The van der Waals surface area contributed by atoms with E-state index in [4.69, 9.17) is 0 Å². The van der Waals surface area contributed by atoms with Gasteiger partial charge in [-0.15, -0.1) is 0 Å². The number of likely N-dealkylation sites (tertiary alicyclic amines) is 1. The molecule has 4 rings (SSSR count). The van der Waals surface area contributed by atoms with E-state index in [1.807, 2.05) is 42.7 Å². The minimum atomic E-state index is -0.228. The Morgan fingerprint density at radius 3 is 2.73 bits per heavy atom. The van der Waals surface area contributed by atoms with Crippen molar-refractivity contribution < 1.29 is 4.39 Å². The maximum atomic E-state index is 14.1. The van der Waals surface area contributed by atoms with Crippen LogP contribution in [0.5, 0.6) is 0 Å². The molecule has 0 radical (unpaired) electrons. The molecule has 4 heterocycles. The molecule has 1 fully saturated rings. The Bertz CT molecular complexity index is 1070. The second-order valence-corrected chi connectivity index (χ2v) is 9.18. The Balaban J connectivity index is 1.32. The van der Waals surface area contributed by atoms with Crippen molar-refractivity contribution in [2.24, 2.45) is 0 Å². The highest BCUT2D eigenvalue weighted by atomic mass is 19.1. The normalized spacial score (nSPS) is 21.6. The number of anilines is 1. The van der Waals surface area contributed by atoms with Gasteiger partial charge >= 0.3 is 0 Å². The van der Waals surface area contributed by atoms with Crippen LogP contribution in [0.4, 0.5) is 10.2 Å². The molecule has 176 valence electrons. The fourth-order valence-corrected chi connectivity index (χ4v) is 4.93. The van der Waals surface area contributed by atoms with Crippen molar-refractivity contribution in [1.29, 1.82) is 0 Å². The second kappa shape index (κ2) is 10.1. The van der Waals surface area contributed by atoms with Gasteiger partial charge in [0.05, 0.1) is 6.04 Å². The lowest BCUT2D eigenvalue weighted by molar-refractivity contribution is 0.179. The lowest BCUT2D eigenvalue weighted by Gasteiger charge is -2.34. The monoisotopic (exact) mass is 450 g/mol. The average Bonchev–Trinajstić information content (AvgIpc) is 3.22. The predicted octanol–water partition coefficient (Wildman–Crippen LogP) is 4.57. The third-order valence-corrected chi connectivity index (χ3v) is 7.04. The number of aromatic nitrogens is 1. The number of nitrogens with zero attached hydrogens (tertiary/aromatic N) is 3. The summed E-state index contributed by atoms with van der Waals surface area (Å²) in [5.41, 5.74) is 3.57. The van der Waals surface area contributed by atoms with Crippen LogP contribution in [-0.2, 0) is 0 Å². The molecule has 0 spiro atoms. The molecule has 33 heavy (non-hydrogen) atoms. The molecule has 3 aliphatic rings. The summed E-state index contributed by atoms with van der Waals surface area (Å²) in [5.74, 6) is 0.759. The average molecular weight is 451 g/mol. The van der Waals surface area contributed by atoms with Crippen LogP contribution in [0.15, 0.2) is 71.0 Å². The Kier molecular flexibility index (Phi) is 7.15. The molecule has 1 saturated heterocycles. The Morgan fingerprint density at radius 1 is 1.27 bits per heavy atom. The van der Waals surface area contributed by atoms with Crippen LogP contribution in [-0.4, -0.2) is 48.2 Å². The SMILES string of the molecule is C=C(CC)/C(F)=C\C(=C/C)CNC1CCN(CC2CN3C(=C)C=Cc4ccc(=O)n2c43)CC1. The molecule has 1 N–H and O–H groups in total. The van der Waals surface area contributed by atoms with E-state index in [0.717, 1.165) is 61.7 Å². The topological polar surface area (TPSA) is 40.5 Å². The van der Waals surface area contributed by atoms with E-state index in [-0.39, 0.29) is 17.4 Å². The highest BCUT2D eigenvalue weighted by Crippen LogP contribution is 2.37. The molecule has 1 aromatic rings. The van der Waals surface area contributed by atoms with Crippen molar-refractivity contribution in [3.8, 4) is 0 Å². The molecule has 1 aromatic heterocycles. The van der Waals surface area contributed by atoms with Crippen LogP contribution in [0.2, 0.25) is 0 Å². The standard InChI is InChI=1S/C27H35FN4O/c1-5-19(3)25(28)15-21(6-2)16-29-23-11-13-30(14-12-23)17-24-18-31-20(4)7-8-22-9-10-26(33)32(24)27(22)31/h6-10,15,23-24,29H,3-5,11-14,16-18H2,1-2H3/b21-6+,25-15+. The van der Waals surface area contributed by atoms with Gasteiger partial charge in [-0.1, -0.05) is 26.2 Å². The minimum absolute atomic E-state index is 0.0610. The second-order valence-electron chi connectivity index (χ2n) is 9.18. The predicted molar refractivity (Wildman–Crippen MR) is 135 cm³/mol. The quantitative estimate of drug-likeness (QED) is 0.589. The van der Waals surface area contributed by atoms with Gasteiger partial charge in [-0.25, -0.2) is 4.39 Å². The summed E-state index contributed by atoms with van der Waals surface area (Å²) in [7, 11) is 0. The van der Waals surface area contributed by atoms with Crippen LogP contribution >= 0.6 is 0 Å². The third-order valence-electron chi connectivity index (χ3n) is 7.04. The molecular weight excluding hydrogens is 415 g/mol. The molecule has 0 bridgehead atoms. The van der Waals surface area contributed by atoms with Crippen LogP contribution in [0.25, 0.3) is 6.08 Å². The number of hydrogen-bond acceptors (Lipinski definition) is 4. The van der Waals surface area contributed by atoms with Crippen LogP contribution in [0, 0.1) is 0 Å². The summed E-state index contributed by atoms with van der Waals surface area (Å²) >= 11 is 0. The molecule has 0 saturated carbocycles. The fourth-order valence-electron chi connectivity index (χ4n) is 4.93. The number of allylic oxidation sites excluding steroid dienone is 4. The molecule has 6 heteroatoms. The van der Waals surface area contributed by atoms with Crippen LogP contribution < -0.4 is 15.8 Å². The number of halogens is 1. The first-order valence-electron chi connectivity index (χ1n) is 12.0. The summed E-state index contributed by atoms with van der Waals surface area (Å²) in [4.78, 5) is 17.3. The zero-order valence-electron chi connectivity index (χ0n) is 19.8. The van der Waals surface area contributed by atoms with Gasteiger partial charge < -0.3 is 15.1 Å². The van der Waals surface area contributed by atoms with E-state index in [2.05, 4.69) is 28.3 Å². The number of hydrogen-bond donors (Lipinski definition) is 1. The highest BCUT2D eigenvalue weighted by molar-refractivity contribution is 5.75. The summed E-state index contributed by atoms with van der Waals surface area (Å²) < 4.78 is 16.1. The van der Waals surface area contributed by atoms with Crippen molar-refractivity contribution in [1.82, 2.24) is 14.8 Å².